The van der Waals surface area contributed by atoms with Crippen molar-refractivity contribution >= 4 is 18.1 Å². The molecule has 0 unspecified atom stereocenters. The third-order valence-electron chi connectivity index (χ3n) is 2.32. The summed E-state index contributed by atoms with van der Waals surface area (Å²) in [6, 6.07) is 3.71. The van der Waals surface area contributed by atoms with E-state index in [1.165, 1.54) is 12.1 Å². The van der Waals surface area contributed by atoms with Crippen LogP contribution < -0.4 is 9.47 Å². The van der Waals surface area contributed by atoms with Gasteiger partial charge in [-0.3, -0.25) is 4.79 Å². The topological polar surface area (TPSA) is 108 Å². The maximum absolute atomic E-state index is 11.5. The lowest BCUT2D eigenvalue weighted by Crippen LogP contribution is -2.15. The summed E-state index contributed by atoms with van der Waals surface area (Å²) < 4.78 is 19.0. The molecule has 1 aromatic rings. The largest absolute Gasteiger partial charge is 0.513 e. The van der Waals surface area contributed by atoms with Gasteiger partial charge in [0.25, 0.3) is 0 Å². The number of ketones is 1. The number of hydrogen-bond acceptors (Lipinski definition) is 8. The van der Waals surface area contributed by atoms with E-state index in [0.29, 0.717) is 0 Å². The van der Waals surface area contributed by atoms with E-state index >= 15 is 0 Å². The van der Waals surface area contributed by atoms with Crippen molar-refractivity contribution in [2.24, 2.45) is 0 Å². The minimum atomic E-state index is -1.02. The van der Waals surface area contributed by atoms with Gasteiger partial charge < -0.3 is 24.1 Å². The molecular formula is C14H16O8. The quantitative estimate of drug-likeness (QED) is 0.482. The molecule has 8 heteroatoms. The van der Waals surface area contributed by atoms with Crippen LogP contribution in [0.15, 0.2) is 18.2 Å². The van der Waals surface area contributed by atoms with Gasteiger partial charge in [-0.2, -0.15) is 0 Å². The minimum absolute atomic E-state index is 0.0815. The fourth-order valence-electron chi connectivity index (χ4n) is 1.41. The highest BCUT2D eigenvalue weighted by Crippen LogP contribution is 2.29. The Hall–Kier alpha value is -2.61. The second kappa shape index (κ2) is 8.63. The molecule has 0 bridgehead atoms. The van der Waals surface area contributed by atoms with Crippen LogP contribution in [-0.4, -0.2) is 43.0 Å². The van der Waals surface area contributed by atoms with Gasteiger partial charge in [0.2, 0.25) is 0 Å². The first kappa shape index (κ1) is 17.4. The van der Waals surface area contributed by atoms with E-state index in [0.717, 1.165) is 6.07 Å². The number of ether oxygens (including phenoxy) is 4. The van der Waals surface area contributed by atoms with Gasteiger partial charge in [0.1, 0.15) is 6.61 Å². The van der Waals surface area contributed by atoms with Crippen molar-refractivity contribution in [3.8, 4) is 11.5 Å². The number of aliphatic hydroxyl groups excluding tert-OH is 1. The first-order valence-corrected chi connectivity index (χ1v) is 6.49. The van der Waals surface area contributed by atoms with Gasteiger partial charge in [-0.15, -0.1) is 0 Å². The van der Waals surface area contributed by atoms with Crippen LogP contribution in [0, 0.1) is 0 Å². The molecule has 0 saturated carbocycles. The van der Waals surface area contributed by atoms with Crippen LogP contribution in [0.2, 0.25) is 0 Å². The van der Waals surface area contributed by atoms with E-state index in [9.17, 15) is 14.4 Å². The Labute approximate surface area is 126 Å². The molecule has 1 aromatic carbocycles. The Balaban J connectivity index is 3.05. The van der Waals surface area contributed by atoms with Crippen LogP contribution in [0.1, 0.15) is 24.2 Å². The predicted octanol–water partition coefficient (Wildman–Crippen LogP) is 1.93. The first-order chi connectivity index (χ1) is 10.5. The molecule has 8 nitrogen and oxygen atoms in total. The number of aliphatic hydroxyl groups is 1. The van der Waals surface area contributed by atoms with E-state index in [1.54, 1.807) is 13.8 Å². The normalized spacial score (nSPS) is 9.77. The van der Waals surface area contributed by atoms with Gasteiger partial charge in [-0.25, -0.2) is 9.59 Å². The van der Waals surface area contributed by atoms with Crippen molar-refractivity contribution in [3.05, 3.63) is 23.8 Å². The highest BCUT2D eigenvalue weighted by molar-refractivity contribution is 5.97. The van der Waals surface area contributed by atoms with Crippen LogP contribution in [-0.2, 0) is 9.47 Å². The first-order valence-electron chi connectivity index (χ1n) is 6.49. The fourth-order valence-corrected chi connectivity index (χ4v) is 1.41. The second-order valence-corrected chi connectivity index (χ2v) is 3.81. The van der Waals surface area contributed by atoms with Crippen molar-refractivity contribution in [1.29, 1.82) is 0 Å². The number of hydrogen-bond donors (Lipinski definition) is 1. The van der Waals surface area contributed by atoms with Crippen molar-refractivity contribution in [2.45, 2.75) is 13.8 Å². The molecule has 0 aliphatic rings. The Bertz CT molecular complexity index is 552. The van der Waals surface area contributed by atoms with Crippen molar-refractivity contribution in [1.82, 2.24) is 0 Å². The lowest BCUT2D eigenvalue weighted by molar-refractivity contribution is 0.0897. The molecule has 0 aliphatic carbocycles. The standard InChI is InChI=1S/C14H16O8/c1-3-19-13(17)21-11-6-5-9(10(16)8-15)7-12(11)22-14(18)20-4-2/h5-7,15H,3-4,8H2,1-2H3. The Kier molecular flexibility index (Phi) is 6.84. The molecule has 22 heavy (non-hydrogen) atoms. The SMILES string of the molecule is CCOC(=O)Oc1ccc(C(=O)CO)cc1OC(=O)OCC. The third kappa shape index (κ3) is 5.06. The van der Waals surface area contributed by atoms with E-state index < -0.39 is 24.7 Å². The third-order valence-corrected chi connectivity index (χ3v) is 2.32. The summed E-state index contributed by atoms with van der Waals surface area (Å²) in [7, 11) is 0. The predicted molar refractivity (Wildman–Crippen MR) is 73.2 cm³/mol. The lowest BCUT2D eigenvalue weighted by atomic mass is 10.1. The highest BCUT2D eigenvalue weighted by Gasteiger charge is 2.17. The Morgan fingerprint density at radius 1 is 0.955 bits per heavy atom. The van der Waals surface area contributed by atoms with Crippen LogP contribution >= 0.6 is 0 Å². The summed E-state index contributed by atoms with van der Waals surface area (Å²) >= 11 is 0. The summed E-state index contributed by atoms with van der Waals surface area (Å²) in [5, 5.41) is 8.84. The van der Waals surface area contributed by atoms with Crippen molar-refractivity contribution < 1.29 is 38.4 Å². The molecule has 0 saturated heterocycles. The van der Waals surface area contributed by atoms with Gasteiger partial charge in [-0.05, 0) is 32.0 Å². The summed E-state index contributed by atoms with van der Waals surface area (Å²) in [6.07, 6.45) is -2.01. The van der Waals surface area contributed by atoms with Gasteiger partial charge in [0.05, 0.1) is 13.2 Å². The molecule has 1 rings (SSSR count). The molecule has 0 spiro atoms. The Morgan fingerprint density at radius 2 is 1.50 bits per heavy atom. The van der Waals surface area contributed by atoms with Crippen molar-refractivity contribution in [3.63, 3.8) is 0 Å². The molecular weight excluding hydrogens is 296 g/mol. The molecule has 0 aromatic heterocycles. The van der Waals surface area contributed by atoms with Crippen molar-refractivity contribution in [2.75, 3.05) is 19.8 Å². The molecule has 0 aliphatic heterocycles. The van der Waals surface area contributed by atoms with Gasteiger partial charge in [-0.1, -0.05) is 0 Å². The van der Waals surface area contributed by atoms with Crippen LogP contribution in [0.25, 0.3) is 0 Å². The van der Waals surface area contributed by atoms with Crippen LogP contribution in [0.3, 0.4) is 0 Å². The zero-order valence-electron chi connectivity index (χ0n) is 12.2. The summed E-state index contributed by atoms with van der Waals surface area (Å²) in [5.74, 6) is -0.914. The van der Waals surface area contributed by atoms with Gasteiger partial charge in [0, 0.05) is 5.56 Å². The second-order valence-electron chi connectivity index (χ2n) is 3.81. The number of carbonyl (C=O) groups excluding carboxylic acids is 3. The smallest absolute Gasteiger partial charge is 0.434 e. The molecule has 120 valence electrons. The van der Waals surface area contributed by atoms with Gasteiger partial charge >= 0.3 is 12.3 Å². The molecule has 0 amide bonds. The van der Waals surface area contributed by atoms with Crippen LogP contribution in [0.5, 0.6) is 11.5 Å². The average molecular weight is 312 g/mol. The zero-order chi connectivity index (χ0) is 16.5. The zero-order valence-corrected chi connectivity index (χ0v) is 12.2. The number of carbonyl (C=O) groups is 3. The van der Waals surface area contributed by atoms with Gasteiger partial charge in [0.15, 0.2) is 17.3 Å². The maximum Gasteiger partial charge on any atom is 0.513 e. The van der Waals surface area contributed by atoms with E-state index in [2.05, 4.69) is 9.47 Å². The summed E-state index contributed by atoms with van der Waals surface area (Å²) in [5.41, 5.74) is 0.0815. The molecule has 1 N–H and O–H groups in total. The number of Topliss-reactive ketones (excluding diaryl/α,β-unsaturated/α-hetero) is 1. The maximum atomic E-state index is 11.5. The van der Waals surface area contributed by atoms with E-state index in [1.807, 2.05) is 0 Å². The Morgan fingerprint density at radius 3 is 2.00 bits per heavy atom. The van der Waals surface area contributed by atoms with Crippen LogP contribution in [0.4, 0.5) is 9.59 Å². The van der Waals surface area contributed by atoms with E-state index in [-0.39, 0.29) is 30.3 Å². The molecule has 0 heterocycles. The summed E-state index contributed by atoms with van der Waals surface area (Å²) in [6.45, 7) is 2.66. The lowest BCUT2D eigenvalue weighted by Gasteiger charge is -2.11. The highest BCUT2D eigenvalue weighted by atomic mass is 16.7. The van der Waals surface area contributed by atoms with E-state index in [4.69, 9.17) is 14.6 Å². The number of benzene rings is 1. The fraction of sp³-hybridized carbons (Fsp3) is 0.357. The minimum Gasteiger partial charge on any atom is -0.434 e. The monoisotopic (exact) mass is 312 g/mol. The summed E-state index contributed by atoms with van der Waals surface area (Å²) in [4.78, 5) is 34.2. The molecule has 0 fully saturated rings. The number of rotatable bonds is 6. The molecule has 0 radical (unpaired) electrons. The molecule has 0 atom stereocenters. The average Bonchev–Trinajstić information content (AvgIpc) is 2.48.